The zero-order chi connectivity index (χ0) is 19.0. The molecule has 0 saturated heterocycles. The monoisotopic (exact) mass is 353 g/mol. The van der Waals surface area contributed by atoms with Crippen molar-refractivity contribution in [2.75, 3.05) is 13.2 Å². The molecule has 8 nitrogen and oxygen atoms in total. The van der Waals surface area contributed by atoms with Crippen LogP contribution in [-0.2, 0) is 19.1 Å². The Morgan fingerprint density at radius 1 is 1.20 bits per heavy atom. The fraction of sp³-hybridized carbons (Fsp3) is 0.471. The van der Waals surface area contributed by atoms with Gasteiger partial charge in [0, 0.05) is 17.5 Å². The van der Waals surface area contributed by atoms with Gasteiger partial charge in [-0.3, -0.25) is 9.59 Å². The third-order valence-corrected chi connectivity index (χ3v) is 3.60. The molecule has 0 fully saturated rings. The Balaban J connectivity index is 2.51. The van der Waals surface area contributed by atoms with Gasteiger partial charge in [0.15, 0.2) is 0 Å². The fourth-order valence-corrected chi connectivity index (χ4v) is 1.91. The smallest absolute Gasteiger partial charge is 0.349 e. The van der Waals surface area contributed by atoms with Gasteiger partial charge < -0.3 is 25.4 Å². The number of rotatable bonds is 9. The first kappa shape index (κ1) is 20.6. The van der Waals surface area contributed by atoms with E-state index in [0.29, 0.717) is 5.56 Å². The normalized spacial score (nSPS) is 13.6. The van der Waals surface area contributed by atoms with Gasteiger partial charge in [-0.25, -0.2) is 4.79 Å². The predicted molar refractivity (Wildman–Crippen MR) is 87.4 cm³/mol. The van der Waals surface area contributed by atoms with E-state index < -0.39 is 35.5 Å². The first-order valence-electron chi connectivity index (χ1n) is 7.73. The first-order chi connectivity index (χ1) is 11.7. The Morgan fingerprint density at radius 2 is 1.80 bits per heavy atom. The number of carboxylic acid groups (broad SMARTS) is 1. The number of carbonyl (C=O) groups excluding carboxylic acids is 2. The second-order valence-corrected chi connectivity index (χ2v) is 6.21. The fourth-order valence-electron chi connectivity index (χ4n) is 1.91. The summed E-state index contributed by atoms with van der Waals surface area (Å²) < 4.78 is 4.94. The van der Waals surface area contributed by atoms with Crippen molar-refractivity contribution in [2.24, 2.45) is 5.41 Å². The lowest BCUT2D eigenvalue weighted by Gasteiger charge is -2.27. The molecule has 25 heavy (non-hydrogen) atoms. The number of benzene rings is 1. The van der Waals surface area contributed by atoms with E-state index in [1.54, 1.807) is 18.2 Å². The van der Waals surface area contributed by atoms with Crippen LogP contribution in [0.1, 0.15) is 31.9 Å². The third-order valence-electron chi connectivity index (χ3n) is 3.60. The minimum Gasteiger partial charge on any atom is -0.478 e. The molecule has 138 valence electrons. The minimum atomic E-state index is -1.44. The average Bonchev–Trinajstić information content (AvgIpc) is 2.59. The van der Waals surface area contributed by atoms with Gasteiger partial charge in [0.25, 0.3) is 0 Å². The Hall–Kier alpha value is -2.45. The molecule has 0 bridgehead atoms. The van der Waals surface area contributed by atoms with Crippen LogP contribution in [0.5, 0.6) is 0 Å². The van der Waals surface area contributed by atoms with Crippen molar-refractivity contribution in [3.8, 4) is 0 Å². The lowest BCUT2D eigenvalue weighted by Crippen LogP contribution is -2.46. The van der Waals surface area contributed by atoms with Gasteiger partial charge in [0.05, 0.1) is 13.0 Å². The van der Waals surface area contributed by atoms with Gasteiger partial charge in [-0.2, -0.15) is 0 Å². The van der Waals surface area contributed by atoms with Crippen molar-refractivity contribution in [3.63, 3.8) is 0 Å². The highest BCUT2D eigenvalue weighted by molar-refractivity contribution is 5.82. The Labute approximate surface area is 145 Å². The highest BCUT2D eigenvalue weighted by Crippen LogP contribution is 2.20. The molecule has 0 aliphatic carbocycles. The highest BCUT2D eigenvalue weighted by Gasteiger charge is 2.33. The SMILES string of the molecule is CC(C)(CO)[C@@H](O)C(=O)NCCC(=O)OC(C(=O)O)c1ccccc1. The second kappa shape index (κ2) is 9.14. The molecule has 1 aromatic carbocycles. The number of nitrogens with one attached hydrogen (secondary N) is 1. The van der Waals surface area contributed by atoms with Crippen LogP contribution in [0.3, 0.4) is 0 Å². The zero-order valence-electron chi connectivity index (χ0n) is 14.1. The molecule has 0 aromatic heterocycles. The molecular formula is C17H23NO7. The highest BCUT2D eigenvalue weighted by atomic mass is 16.6. The summed E-state index contributed by atoms with van der Waals surface area (Å²) in [6.07, 6.45) is -3.12. The van der Waals surface area contributed by atoms with Crippen molar-refractivity contribution in [1.29, 1.82) is 0 Å². The lowest BCUT2D eigenvalue weighted by molar-refractivity contribution is -0.164. The van der Waals surface area contributed by atoms with Crippen LogP contribution in [-0.4, -0.2) is 52.4 Å². The topological polar surface area (TPSA) is 133 Å². The van der Waals surface area contributed by atoms with E-state index in [-0.39, 0.29) is 19.6 Å². The van der Waals surface area contributed by atoms with Crippen LogP contribution in [0.4, 0.5) is 0 Å². The molecule has 1 unspecified atom stereocenters. The molecular weight excluding hydrogens is 330 g/mol. The van der Waals surface area contributed by atoms with E-state index in [9.17, 15) is 24.6 Å². The van der Waals surface area contributed by atoms with Gasteiger partial charge in [-0.1, -0.05) is 44.2 Å². The number of hydrogen-bond acceptors (Lipinski definition) is 6. The van der Waals surface area contributed by atoms with Gasteiger partial charge in [-0.15, -0.1) is 0 Å². The van der Waals surface area contributed by atoms with Crippen molar-refractivity contribution in [3.05, 3.63) is 35.9 Å². The summed E-state index contributed by atoms with van der Waals surface area (Å²) in [6.45, 7) is 2.52. The van der Waals surface area contributed by atoms with Crippen molar-refractivity contribution < 1.29 is 34.4 Å². The predicted octanol–water partition coefficient (Wildman–Crippen LogP) is 0.241. The van der Waals surface area contributed by atoms with E-state index in [1.807, 2.05) is 0 Å². The first-order valence-corrected chi connectivity index (χ1v) is 7.73. The van der Waals surface area contributed by atoms with E-state index in [0.717, 1.165) is 0 Å². The molecule has 0 aliphatic rings. The molecule has 2 atom stereocenters. The standard InChI is InChI=1S/C17H23NO7/c1-17(2,10-19)14(21)15(22)18-9-8-12(20)25-13(16(23)24)11-6-4-3-5-7-11/h3-7,13-14,19,21H,8-10H2,1-2H3,(H,18,22)(H,23,24)/t13?,14-/m0/s1. The maximum absolute atomic E-state index is 11.8. The zero-order valence-corrected chi connectivity index (χ0v) is 14.1. The summed E-state index contributed by atoms with van der Waals surface area (Å²) >= 11 is 0. The van der Waals surface area contributed by atoms with Crippen LogP contribution in [0, 0.1) is 5.41 Å². The molecule has 0 heterocycles. The maximum Gasteiger partial charge on any atom is 0.349 e. The molecule has 4 N–H and O–H groups in total. The third kappa shape index (κ3) is 6.17. The number of esters is 1. The summed E-state index contributed by atoms with van der Waals surface area (Å²) in [4.78, 5) is 34.8. The second-order valence-electron chi connectivity index (χ2n) is 6.21. The molecule has 1 amide bonds. The largest absolute Gasteiger partial charge is 0.478 e. The number of aliphatic hydroxyl groups is 2. The van der Waals surface area contributed by atoms with Crippen molar-refractivity contribution in [1.82, 2.24) is 5.32 Å². The van der Waals surface area contributed by atoms with Crippen LogP contribution in [0.2, 0.25) is 0 Å². The Bertz CT molecular complexity index is 600. The summed E-state index contributed by atoms with van der Waals surface area (Å²) in [5.41, 5.74) is -0.695. The molecule has 0 spiro atoms. The van der Waals surface area contributed by atoms with E-state index in [4.69, 9.17) is 9.84 Å². The van der Waals surface area contributed by atoms with Gasteiger partial charge in [0.2, 0.25) is 12.0 Å². The molecule has 1 rings (SSSR count). The number of aliphatic hydroxyl groups excluding tert-OH is 2. The van der Waals surface area contributed by atoms with E-state index in [1.165, 1.54) is 26.0 Å². The van der Waals surface area contributed by atoms with Gasteiger partial charge in [-0.05, 0) is 0 Å². The Kier molecular flexibility index (Phi) is 7.53. The van der Waals surface area contributed by atoms with E-state index >= 15 is 0 Å². The molecule has 0 aliphatic heterocycles. The number of aliphatic carboxylic acids is 1. The lowest BCUT2D eigenvalue weighted by atomic mass is 9.87. The molecule has 8 heteroatoms. The molecule has 0 radical (unpaired) electrons. The minimum absolute atomic E-state index is 0.128. The van der Waals surface area contributed by atoms with Crippen LogP contribution in [0.15, 0.2) is 30.3 Å². The number of ether oxygens (including phenoxy) is 1. The summed E-state index contributed by atoms with van der Waals surface area (Å²) in [5, 5.41) is 30.5. The average molecular weight is 353 g/mol. The summed E-state index contributed by atoms with van der Waals surface area (Å²) in [7, 11) is 0. The van der Waals surface area contributed by atoms with E-state index in [2.05, 4.69) is 5.32 Å². The number of carboxylic acids is 1. The van der Waals surface area contributed by atoms with Crippen molar-refractivity contribution >= 4 is 17.8 Å². The summed E-state index contributed by atoms with van der Waals surface area (Å²) in [5.74, 6) is -2.83. The maximum atomic E-state index is 11.8. The van der Waals surface area contributed by atoms with Crippen LogP contribution >= 0.6 is 0 Å². The van der Waals surface area contributed by atoms with Crippen LogP contribution < -0.4 is 5.32 Å². The molecule has 1 aromatic rings. The molecule has 0 saturated carbocycles. The van der Waals surface area contributed by atoms with Crippen molar-refractivity contribution in [2.45, 2.75) is 32.5 Å². The number of hydrogen-bond donors (Lipinski definition) is 4. The Morgan fingerprint density at radius 3 is 2.32 bits per heavy atom. The van der Waals surface area contributed by atoms with Gasteiger partial charge >= 0.3 is 11.9 Å². The number of carbonyl (C=O) groups is 3. The van der Waals surface area contributed by atoms with Gasteiger partial charge in [0.1, 0.15) is 6.10 Å². The quantitative estimate of drug-likeness (QED) is 0.467. The van der Waals surface area contributed by atoms with Crippen LogP contribution in [0.25, 0.3) is 0 Å². The summed E-state index contributed by atoms with van der Waals surface area (Å²) in [6, 6.07) is 8.02. The number of amides is 1.